The Morgan fingerprint density at radius 1 is 1.07 bits per heavy atom. The van der Waals surface area contributed by atoms with Crippen molar-refractivity contribution in [3.8, 4) is 5.82 Å². The molecule has 0 saturated carbocycles. The zero-order valence-electron chi connectivity index (χ0n) is 17.9. The Morgan fingerprint density at radius 2 is 1.90 bits per heavy atom. The van der Waals surface area contributed by atoms with Gasteiger partial charge in [0, 0.05) is 35.6 Å². The summed E-state index contributed by atoms with van der Waals surface area (Å²) < 4.78 is 2.29. The first-order valence-corrected chi connectivity index (χ1v) is 11.6. The third-order valence-corrected chi connectivity index (χ3v) is 7.44. The first-order valence-electron chi connectivity index (χ1n) is 10.6. The molecule has 5 heterocycles. The SMILES string of the molecule is CC[C@@H]1CSC2=N[C@@H](c3ccccn3)[C@@H](c3cc(C)n(-c4ncccc4C)c3C)N21. The number of aromatic nitrogens is 3. The molecule has 0 aromatic carbocycles. The molecule has 0 spiro atoms. The van der Waals surface area contributed by atoms with Crippen molar-refractivity contribution in [1.29, 1.82) is 0 Å². The number of nitrogens with zero attached hydrogens (tertiary/aromatic N) is 5. The zero-order valence-corrected chi connectivity index (χ0v) is 18.7. The third-order valence-electron chi connectivity index (χ3n) is 6.31. The molecule has 0 amide bonds. The van der Waals surface area contributed by atoms with E-state index in [2.05, 4.69) is 71.4 Å². The second kappa shape index (κ2) is 7.58. The normalized spacial score (nSPS) is 23.0. The van der Waals surface area contributed by atoms with Gasteiger partial charge >= 0.3 is 0 Å². The Labute approximate surface area is 182 Å². The summed E-state index contributed by atoms with van der Waals surface area (Å²) in [7, 11) is 0. The van der Waals surface area contributed by atoms with Crippen molar-refractivity contribution in [2.75, 3.05) is 5.75 Å². The number of hydrogen-bond donors (Lipinski definition) is 0. The lowest BCUT2D eigenvalue weighted by atomic mass is 9.95. The minimum atomic E-state index is 0.0156. The highest BCUT2D eigenvalue weighted by Crippen LogP contribution is 2.49. The van der Waals surface area contributed by atoms with Gasteiger partial charge in [-0.05, 0) is 62.6 Å². The van der Waals surface area contributed by atoms with E-state index in [1.165, 1.54) is 27.7 Å². The number of amidine groups is 1. The second-order valence-corrected chi connectivity index (χ2v) is 9.13. The highest BCUT2D eigenvalue weighted by atomic mass is 32.2. The van der Waals surface area contributed by atoms with Crippen molar-refractivity contribution < 1.29 is 0 Å². The molecule has 1 saturated heterocycles. The molecule has 5 rings (SSSR count). The lowest BCUT2D eigenvalue weighted by molar-refractivity contribution is 0.254. The summed E-state index contributed by atoms with van der Waals surface area (Å²) in [5.74, 6) is 2.12. The van der Waals surface area contributed by atoms with E-state index in [-0.39, 0.29) is 12.1 Å². The summed E-state index contributed by atoms with van der Waals surface area (Å²) in [6.07, 6.45) is 4.87. The Bertz CT molecular complexity index is 1100. The monoisotopic (exact) mass is 417 g/mol. The summed E-state index contributed by atoms with van der Waals surface area (Å²) >= 11 is 1.89. The van der Waals surface area contributed by atoms with Gasteiger partial charge in [0.05, 0.1) is 11.7 Å². The fourth-order valence-electron chi connectivity index (χ4n) is 4.81. The largest absolute Gasteiger partial charge is 0.338 e. The highest BCUT2D eigenvalue weighted by molar-refractivity contribution is 8.14. The number of rotatable bonds is 4. The molecule has 3 aromatic rings. The molecule has 0 aliphatic carbocycles. The van der Waals surface area contributed by atoms with E-state index in [0.29, 0.717) is 6.04 Å². The average molecular weight is 418 g/mol. The van der Waals surface area contributed by atoms with Crippen molar-refractivity contribution in [2.45, 2.75) is 52.2 Å². The third kappa shape index (κ3) is 2.97. The molecule has 154 valence electrons. The van der Waals surface area contributed by atoms with Crippen molar-refractivity contribution in [2.24, 2.45) is 4.99 Å². The molecular formula is C24H27N5S. The van der Waals surface area contributed by atoms with Crippen LogP contribution in [0.3, 0.4) is 0 Å². The molecule has 2 aliphatic rings. The highest BCUT2D eigenvalue weighted by Gasteiger charge is 2.46. The number of hydrogen-bond acceptors (Lipinski definition) is 5. The summed E-state index contributed by atoms with van der Waals surface area (Å²) in [6.45, 7) is 8.79. The van der Waals surface area contributed by atoms with Crippen LogP contribution in [0.4, 0.5) is 0 Å². The number of thioether (sulfide) groups is 1. The lowest BCUT2D eigenvalue weighted by Crippen LogP contribution is -2.35. The summed E-state index contributed by atoms with van der Waals surface area (Å²) in [6, 6.07) is 13.3. The Morgan fingerprint density at radius 3 is 2.63 bits per heavy atom. The molecule has 3 aromatic heterocycles. The topological polar surface area (TPSA) is 46.3 Å². The summed E-state index contributed by atoms with van der Waals surface area (Å²) in [5, 5.41) is 1.17. The van der Waals surface area contributed by atoms with Gasteiger partial charge in [0.1, 0.15) is 11.9 Å². The second-order valence-electron chi connectivity index (χ2n) is 8.14. The van der Waals surface area contributed by atoms with Gasteiger partial charge in [-0.2, -0.15) is 0 Å². The molecule has 0 N–H and O–H groups in total. The quantitative estimate of drug-likeness (QED) is 0.587. The van der Waals surface area contributed by atoms with Crippen LogP contribution in [0.2, 0.25) is 0 Å². The number of fused-ring (bicyclic) bond motifs is 1. The number of pyridine rings is 2. The maximum Gasteiger partial charge on any atom is 0.160 e. The van der Waals surface area contributed by atoms with E-state index in [9.17, 15) is 0 Å². The fraction of sp³-hybridized carbons (Fsp3) is 0.375. The molecule has 0 radical (unpaired) electrons. The molecule has 0 bridgehead atoms. The number of aliphatic imine (C=N–C) groups is 1. The maximum atomic E-state index is 5.16. The van der Waals surface area contributed by atoms with E-state index in [1.54, 1.807) is 0 Å². The zero-order chi connectivity index (χ0) is 20.8. The molecule has 2 aliphatic heterocycles. The summed E-state index contributed by atoms with van der Waals surface area (Å²) in [4.78, 5) is 17.1. The van der Waals surface area contributed by atoms with Gasteiger partial charge < -0.3 is 9.47 Å². The average Bonchev–Trinajstić information content (AvgIpc) is 3.41. The van der Waals surface area contributed by atoms with Gasteiger partial charge in [0.15, 0.2) is 5.17 Å². The van der Waals surface area contributed by atoms with E-state index in [1.807, 2.05) is 36.3 Å². The predicted molar refractivity (Wildman–Crippen MR) is 123 cm³/mol. The van der Waals surface area contributed by atoms with E-state index in [4.69, 9.17) is 4.99 Å². The predicted octanol–water partition coefficient (Wildman–Crippen LogP) is 5.17. The standard InChI is InChI=1S/C24H27N5S/c1-5-18-14-30-24-27-21(20-10-6-7-11-25-20)22(29(18)24)19-13-16(3)28(17(19)4)23-15(2)9-8-12-26-23/h6-13,18,21-22H,5,14H2,1-4H3/t18-,21+,22-/m1/s1. The van der Waals surface area contributed by atoms with E-state index >= 15 is 0 Å². The van der Waals surface area contributed by atoms with E-state index in [0.717, 1.165) is 23.7 Å². The van der Waals surface area contributed by atoms with Crippen LogP contribution in [-0.4, -0.2) is 36.4 Å². The van der Waals surface area contributed by atoms with Crippen LogP contribution in [0.25, 0.3) is 5.82 Å². The van der Waals surface area contributed by atoms with Crippen molar-refractivity contribution in [3.05, 3.63) is 77.0 Å². The van der Waals surface area contributed by atoms with Gasteiger partial charge in [-0.3, -0.25) is 9.98 Å². The molecule has 30 heavy (non-hydrogen) atoms. The Kier molecular flexibility index (Phi) is 4.89. The van der Waals surface area contributed by atoms with Crippen molar-refractivity contribution >= 4 is 16.9 Å². The van der Waals surface area contributed by atoms with Gasteiger partial charge in [-0.15, -0.1) is 0 Å². The number of aryl methyl sites for hydroxylation is 2. The Balaban J connectivity index is 1.66. The minimum absolute atomic E-state index is 0.0156. The first-order chi connectivity index (χ1) is 14.6. The van der Waals surface area contributed by atoms with Gasteiger partial charge in [-0.25, -0.2) is 4.98 Å². The molecule has 0 unspecified atom stereocenters. The summed E-state index contributed by atoms with van der Waals surface area (Å²) in [5.41, 5.74) is 5.99. The Hall–Kier alpha value is -2.60. The first kappa shape index (κ1) is 19.4. The molecular weight excluding hydrogens is 390 g/mol. The van der Waals surface area contributed by atoms with Crippen LogP contribution in [0.5, 0.6) is 0 Å². The van der Waals surface area contributed by atoms with Gasteiger partial charge in [0.2, 0.25) is 0 Å². The smallest absolute Gasteiger partial charge is 0.160 e. The molecule has 6 heteroatoms. The molecule has 5 nitrogen and oxygen atoms in total. The lowest BCUT2D eigenvalue weighted by Gasteiger charge is -2.32. The van der Waals surface area contributed by atoms with Crippen LogP contribution in [0, 0.1) is 20.8 Å². The van der Waals surface area contributed by atoms with Crippen molar-refractivity contribution in [1.82, 2.24) is 19.4 Å². The fourth-order valence-corrected chi connectivity index (χ4v) is 6.15. The van der Waals surface area contributed by atoms with Gasteiger partial charge in [0.25, 0.3) is 0 Å². The van der Waals surface area contributed by atoms with Crippen LogP contribution < -0.4 is 0 Å². The van der Waals surface area contributed by atoms with Crippen molar-refractivity contribution in [3.63, 3.8) is 0 Å². The van der Waals surface area contributed by atoms with Crippen LogP contribution >= 0.6 is 11.8 Å². The minimum Gasteiger partial charge on any atom is -0.338 e. The molecule has 1 fully saturated rings. The van der Waals surface area contributed by atoms with E-state index < -0.39 is 0 Å². The van der Waals surface area contributed by atoms with Crippen LogP contribution in [0.1, 0.15) is 53.6 Å². The van der Waals surface area contributed by atoms with Gasteiger partial charge in [-0.1, -0.05) is 30.8 Å². The van der Waals surface area contributed by atoms with Crippen LogP contribution in [-0.2, 0) is 0 Å². The molecule has 3 atom stereocenters. The maximum absolute atomic E-state index is 5.16. The van der Waals surface area contributed by atoms with Crippen LogP contribution in [0.15, 0.2) is 53.8 Å².